The SMILES string of the molecule is COc1ccc2c(c1)sc1nc(-c3ccccc3)c(C)n12. The Bertz CT molecular complexity index is 938. The molecule has 3 nitrogen and oxygen atoms in total. The Labute approximate surface area is 126 Å². The van der Waals surface area contributed by atoms with E-state index in [9.17, 15) is 0 Å². The van der Waals surface area contributed by atoms with Gasteiger partial charge in [-0.3, -0.25) is 4.40 Å². The number of hydrogen-bond acceptors (Lipinski definition) is 3. The third-order valence-corrected chi connectivity index (χ3v) is 4.74. The van der Waals surface area contributed by atoms with Crippen molar-refractivity contribution in [2.45, 2.75) is 6.92 Å². The molecule has 0 spiro atoms. The molecule has 0 amide bonds. The zero-order valence-corrected chi connectivity index (χ0v) is 12.6. The maximum absolute atomic E-state index is 5.30. The van der Waals surface area contributed by atoms with Gasteiger partial charge in [0.15, 0.2) is 4.96 Å². The fourth-order valence-corrected chi connectivity index (χ4v) is 3.78. The number of methoxy groups -OCH3 is 1. The average molecular weight is 294 g/mol. The number of ether oxygens (including phenoxy) is 1. The van der Waals surface area contributed by atoms with Crippen LogP contribution in [0.2, 0.25) is 0 Å². The lowest BCUT2D eigenvalue weighted by Crippen LogP contribution is -1.87. The van der Waals surface area contributed by atoms with Crippen molar-refractivity contribution in [1.82, 2.24) is 9.38 Å². The molecule has 2 heterocycles. The lowest BCUT2D eigenvalue weighted by molar-refractivity contribution is 0.415. The average Bonchev–Trinajstić information content (AvgIpc) is 3.04. The summed E-state index contributed by atoms with van der Waals surface area (Å²) in [7, 11) is 1.69. The van der Waals surface area contributed by atoms with Gasteiger partial charge in [-0.1, -0.05) is 41.7 Å². The summed E-state index contributed by atoms with van der Waals surface area (Å²) in [6.07, 6.45) is 0. The summed E-state index contributed by atoms with van der Waals surface area (Å²) in [5, 5.41) is 0. The molecule has 0 aliphatic heterocycles. The number of nitrogens with zero attached hydrogens (tertiary/aromatic N) is 2. The number of aromatic nitrogens is 2. The van der Waals surface area contributed by atoms with E-state index < -0.39 is 0 Å². The lowest BCUT2D eigenvalue weighted by Gasteiger charge is -2.01. The molecule has 4 rings (SSSR count). The third-order valence-electron chi connectivity index (χ3n) is 3.73. The molecule has 0 saturated carbocycles. The van der Waals surface area contributed by atoms with E-state index in [1.165, 1.54) is 15.9 Å². The van der Waals surface area contributed by atoms with Gasteiger partial charge in [0.1, 0.15) is 5.75 Å². The van der Waals surface area contributed by atoms with E-state index in [0.717, 1.165) is 22.0 Å². The number of thiazole rings is 1. The van der Waals surface area contributed by atoms with Crippen LogP contribution in [-0.4, -0.2) is 16.5 Å². The maximum Gasteiger partial charge on any atom is 0.195 e. The number of fused-ring (bicyclic) bond motifs is 3. The fourth-order valence-electron chi connectivity index (χ4n) is 2.68. The first kappa shape index (κ1) is 12.4. The second-order valence-corrected chi connectivity index (χ2v) is 5.97. The zero-order chi connectivity index (χ0) is 14.4. The molecule has 0 radical (unpaired) electrons. The van der Waals surface area contributed by atoms with Gasteiger partial charge in [0.2, 0.25) is 0 Å². The van der Waals surface area contributed by atoms with Gasteiger partial charge in [-0.05, 0) is 25.1 Å². The van der Waals surface area contributed by atoms with Crippen LogP contribution in [0.25, 0.3) is 26.4 Å². The molecule has 4 heteroatoms. The molecule has 4 aromatic rings. The van der Waals surface area contributed by atoms with Crippen molar-refractivity contribution in [2.24, 2.45) is 0 Å². The van der Waals surface area contributed by atoms with Crippen LogP contribution in [0.15, 0.2) is 48.5 Å². The second-order valence-electron chi connectivity index (χ2n) is 4.97. The largest absolute Gasteiger partial charge is 0.497 e. The minimum absolute atomic E-state index is 0.882. The molecule has 0 saturated heterocycles. The number of imidazole rings is 1. The van der Waals surface area contributed by atoms with Crippen molar-refractivity contribution in [3.05, 3.63) is 54.2 Å². The summed E-state index contributed by atoms with van der Waals surface area (Å²) < 4.78 is 8.71. The number of benzene rings is 2. The molecule has 0 aliphatic rings. The van der Waals surface area contributed by atoms with Crippen LogP contribution in [-0.2, 0) is 0 Å². The van der Waals surface area contributed by atoms with Crippen molar-refractivity contribution in [2.75, 3.05) is 7.11 Å². The molecule has 0 N–H and O–H groups in total. The van der Waals surface area contributed by atoms with Gasteiger partial charge in [0, 0.05) is 11.3 Å². The smallest absolute Gasteiger partial charge is 0.195 e. The van der Waals surface area contributed by atoms with E-state index in [-0.39, 0.29) is 0 Å². The molecule has 21 heavy (non-hydrogen) atoms. The normalized spacial score (nSPS) is 11.3. The van der Waals surface area contributed by atoms with Crippen molar-refractivity contribution >= 4 is 26.5 Å². The Morgan fingerprint density at radius 1 is 1.10 bits per heavy atom. The van der Waals surface area contributed by atoms with E-state index in [2.05, 4.69) is 35.6 Å². The molecule has 0 atom stereocenters. The molecular formula is C17H14N2OS. The zero-order valence-electron chi connectivity index (χ0n) is 11.8. The maximum atomic E-state index is 5.30. The highest BCUT2D eigenvalue weighted by Crippen LogP contribution is 2.34. The van der Waals surface area contributed by atoms with Gasteiger partial charge in [0.05, 0.1) is 23.0 Å². The Morgan fingerprint density at radius 2 is 1.90 bits per heavy atom. The Kier molecular flexibility index (Phi) is 2.72. The van der Waals surface area contributed by atoms with Crippen molar-refractivity contribution < 1.29 is 4.74 Å². The summed E-state index contributed by atoms with van der Waals surface area (Å²) in [5.41, 5.74) is 4.57. The van der Waals surface area contributed by atoms with Gasteiger partial charge < -0.3 is 4.74 Å². The molecule has 104 valence electrons. The lowest BCUT2D eigenvalue weighted by atomic mass is 10.1. The van der Waals surface area contributed by atoms with Gasteiger partial charge >= 0.3 is 0 Å². The summed E-state index contributed by atoms with van der Waals surface area (Å²) in [5.74, 6) is 0.882. The third kappa shape index (κ3) is 1.83. The quantitative estimate of drug-likeness (QED) is 0.543. The van der Waals surface area contributed by atoms with Crippen LogP contribution in [0.3, 0.4) is 0 Å². The standard InChI is InChI=1S/C17H14N2OS/c1-11-16(12-6-4-3-5-7-12)18-17-19(11)14-9-8-13(20-2)10-15(14)21-17/h3-10H,1-2H3. The molecule has 2 aromatic carbocycles. The van der Waals surface area contributed by atoms with Crippen LogP contribution < -0.4 is 4.74 Å². The summed E-state index contributed by atoms with van der Waals surface area (Å²) in [6, 6.07) is 16.5. The first-order chi connectivity index (χ1) is 10.3. The highest BCUT2D eigenvalue weighted by molar-refractivity contribution is 7.23. The number of hydrogen-bond donors (Lipinski definition) is 0. The van der Waals surface area contributed by atoms with Gasteiger partial charge in [-0.25, -0.2) is 4.98 Å². The first-order valence-electron chi connectivity index (χ1n) is 6.79. The number of aryl methyl sites for hydroxylation is 1. The summed E-state index contributed by atoms with van der Waals surface area (Å²) in [6.45, 7) is 2.12. The number of rotatable bonds is 2. The Balaban J connectivity index is 2.00. The van der Waals surface area contributed by atoms with Crippen LogP contribution in [0.1, 0.15) is 5.69 Å². The summed E-state index contributed by atoms with van der Waals surface area (Å²) in [4.78, 5) is 5.84. The Hall–Kier alpha value is -2.33. The molecule has 0 bridgehead atoms. The van der Waals surface area contributed by atoms with Gasteiger partial charge in [-0.15, -0.1) is 0 Å². The minimum atomic E-state index is 0.882. The predicted octanol–water partition coefficient (Wildman–Crippen LogP) is 4.53. The van der Waals surface area contributed by atoms with Crippen LogP contribution >= 0.6 is 11.3 Å². The van der Waals surface area contributed by atoms with Crippen LogP contribution in [0.4, 0.5) is 0 Å². The van der Waals surface area contributed by atoms with E-state index >= 15 is 0 Å². The molecule has 0 unspecified atom stereocenters. The van der Waals surface area contributed by atoms with Crippen LogP contribution in [0, 0.1) is 6.92 Å². The van der Waals surface area contributed by atoms with Crippen molar-refractivity contribution in [1.29, 1.82) is 0 Å². The van der Waals surface area contributed by atoms with Crippen LogP contribution in [0.5, 0.6) is 5.75 Å². The monoisotopic (exact) mass is 294 g/mol. The predicted molar refractivity (Wildman–Crippen MR) is 87.3 cm³/mol. The highest BCUT2D eigenvalue weighted by Gasteiger charge is 2.15. The van der Waals surface area contributed by atoms with Gasteiger partial charge in [0.25, 0.3) is 0 Å². The topological polar surface area (TPSA) is 26.5 Å². The van der Waals surface area contributed by atoms with Gasteiger partial charge in [-0.2, -0.15) is 0 Å². The van der Waals surface area contributed by atoms with E-state index in [1.807, 2.05) is 24.3 Å². The molecule has 2 aromatic heterocycles. The molecule has 0 aliphatic carbocycles. The summed E-state index contributed by atoms with van der Waals surface area (Å²) >= 11 is 1.69. The van der Waals surface area contributed by atoms with E-state index in [0.29, 0.717) is 0 Å². The minimum Gasteiger partial charge on any atom is -0.497 e. The van der Waals surface area contributed by atoms with Crippen molar-refractivity contribution in [3.8, 4) is 17.0 Å². The highest BCUT2D eigenvalue weighted by atomic mass is 32.1. The second kappa shape index (κ2) is 4.60. The first-order valence-corrected chi connectivity index (χ1v) is 7.60. The van der Waals surface area contributed by atoms with E-state index in [4.69, 9.17) is 9.72 Å². The molecular weight excluding hydrogens is 280 g/mol. The van der Waals surface area contributed by atoms with Crippen molar-refractivity contribution in [3.63, 3.8) is 0 Å². The Morgan fingerprint density at radius 3 is 2.67 bits per heavy atom. The van der Waals surface area contributed by atoms with E-state index in [1.54, 1.807) is 18.4 Å². The fraction of sp³-hybridized carbons (Fsp3) is 0.118. The molecule has 0 fully saturated rings.